The molecule has 2 aliphatic heterocycles. The van der Waals surface area contributed by atoms with Crippen molar-refractivity contribution in [2.24, 2.45) is 58.2 Å². The van der Waals surface area contributed by atoms with Crippen LogP contribution in [0.25, 0.3) is 0 Å². The summed E-state index contributed by atoms with van der Waals surface area (Å²) in [6.45, 7) is 14.0. The van der Waals surface area contributed by atoms with Gasteiger partial charge in [-0.05, 0) is 116 Å². The van der Waals surface area contributed by atoms with E-state index in [1.54, 1.807) is 0 Å². The summed E-state index contributed by atoms with van der Waals surface area (Å²) >= 11 is 0. The van der Waals surface area contributed by atoms with Crippen LogP contribution in [0.3, 0.4) is 0 Å². The highest BCUT2D eigenvalue weighted by Gasteiger charge is 2.68. The molecular formula is C29H49NO. The first kappa shape index (κ1) is 21.5. The van der Waals surface area contributed by atoms with Crippen molar-refractivity contribution in [3.8, 4) is 0 Å². The first-order chi connectivity index (χ1) is 14.8. The zero-order valence-corrected chi connectivity index (χ0v) is 21.1. The average molecular weight is 428 g/mol. The molecule has 1 spiro atoms. The Morgan fingerprint density at radius 1 is 0.871 bits per heavy atom. The minimum absolute atomic E-state index is 0.00511. The molecule has 12 atom stereocenters. The van der Waals surface area contributed by atoms with Gasteiger partial charge in [-0.2, -0.15) is 0 Å². The normalized spacial score (nSPS) is 60.9. The van der Waals surface area contributed by atoms with Gasteiger partial charge < -0.3 is 4.74 Å². The molecule has 2 heteroatoms. The van der Waals surface area contributed by atoms with E-state index < -0.39 is 0 Å². The topological polar surface area (TPSA) is 21.3 Å². The van der Waals surface area contributed by atoms with Gasteiger partial charge in [0.2, 0.25) is 0 Å². The van der Waals surface area contributed by atoms with Gasteiger partial charge in [-0.3, -0.25) is 5.32 Å². The molecule has 6 aliphatic rings. The Bertz CT molecular complexity index is 697. The number of hydrogen-bond acceptors (Lipinski definition) is 2. The first-order valence-electron chi connectivity index (χ1n) is 14.2. The smallest absolute Gasteiger partial charge is 0.122 e. The predicted molar refractivity (Wildman–Crippen MR) is 128 cm³/mol. The van der Waals surface area contributed by atoms with Crippen molar-refractivity contribution < 1.29 is 4.74 Å². The van der Waals surface area contributed by atoms with Gasteiger partial charge in [0, 0.05) is 12.5 Å². The van der Waals surface area contributed by atoms with Crippen molar-refractivity contribution in [3.63, 3.8) is 0 Å². The Morgan fingerprint density at radius 2 is 1.68 bits per heavy atom. The molecule has 0 aromatic heterocycles. The molecule has 2 saturated heterocycles. The fraction of sp³-hybridized carbons (Fsp3) is 1.00. The van der Waals surface area contributed by atoms with Gasteiger partial charge in [0.05, 0.1) is 6.10 Å². The third-order valence-electron chi connectivity index (χ3n) is 12.8. The van der Waals surface area contributed by atoms with Crippen LogP contribution in [-0.4, -0.2) is 18.4 Å². The summed E-state index contributed by atoms with van der Waals surface area (Å²) < 4.78 is 7.06. The van der Waals surface area contributed by atoms with Crippen molar-refractivity contribution >= 4 is 0 Å². The van der Waals surface area contributed by atoms with Gasteiger partial charge in [-0.1, -0.05) is 41.0 Å². The van der Waals surface area contributed by atoms with Gasteiger partial charge in [-0.25, -0.2) is 0 Å². The first-order valence-corrected chi connectivity index (χ1v) is 14.2. The zero-order valence-electron chi connectivity index (χ0n) is 21.1. The monoisotopic (exact) mass is 427 g/mol. The second-order valence-electron chi connectivity index (χ2n) is 13.9. The number of ether oxygens (including phenoxy) is 1. The Hall–Kier alpha value is -0.0800. The molecule has 1 N–H and O–H groups in total. The molecule has 6 fully saturated rings. The highest BCUT2D eigenvalue weighted by molar-refractivity contribution is 5.16. The van der Waals surface area contributed by atoms with Crippen LogP contribution in [0.2, 0.25) is 0 Å². The molecule has 0 aromatic rings. The van der Waals surface area contributed by atoms with Crippen LogP contribution in [0, 0.1) is 58.2 Å². The predicted octanol–water partition coefficient (Wildman–Crippen LogP) is 7.03. The maximum atomic E-state index is 7.06. The van der Waals surface area contributed by atoms with E-state index in [1.165, 1.54) is 70.6 Å². The van der Waals surface area contributed by atoms with E-state index in [0.29, 0.717) is 22.9 Å². The van der Waals surface area contributed by atoms with Crippen LogP contribution in [0.4, 0.5) is 0 Å². The lowest BCUT2D eigenvalue weighted by molar-refractivity contribution is -0.136. The largest absolute Gasteiger partial charge is 0.357 e. The lowest BCUT2D eigenvalue weighted by Crippen LogP contribution is -2.57. The Kier molecular flexibility index (Phi) is 4.99. The van der Waals surface area contributed by atoms with E-state index in [0.717, 1.165) is 48.0 Å². The number of piperidine rings is 1. The van der Waals surface area contributed by atoms with E-state index in [2.05, 4.69) is 39.9 Å². The van der Waals surface area contributed by atoms with Crippen LogP contribution in [0.5, 0.6) is 0 Å². The SMILES string of the molecule is CCC1CC[C@@]2(C)C(CCC3C2CC[C@@]2(C)C3CC3O[C@]4(CCC(C)CN4)[C@@H](C)C32)C1. The summed E-state index contributed by atoms with van der Waals surface area (Å²) in [5, 5.41) is 3.92. The van der Waals surface area contributed by atoms with E-state index in [4.69, 9.17) is 4.74 Å². The van der Waals surface area contributed by atoms with E-state index in [-0.39, 0.29) is 5.72 Å². The van der Waals surface area contributed by atoms with E-state index >= 15 is 0 Å². The van der Waals surface area contributed by atoms with Gasteiger partial charge in [0.15, 0.2) is 0 Å². The molecule has 4 aliphatic carbocycles. The molecule has 8 unspecified atom stereocenters. The van der Waals surface area contributed by atoms with Crippen molar-refractivity contribution in [2.45, 2.75) is 117 Å². The van der Waals surface area contributed by atoms with Gasteiger partial charge in [-0.15, -0.1) is 0 Å². The lowest BCUT2D eigenvalue weighted by Gasteiger charge is -2.61. The van der Waals surface area contributed by atoms with Crippen LogP contribution >= 0.6 is 0 Å². The van der Waals surface area contributed by atoms with Crippen molar-refractivity contribution in [1.29, 1.82) is 0 Å². The van der Waals surface area contributed by atoms with Gasteiger partial charge in [0.25, 0.3) is 0 Å². The third-order valence-corrected chi connectivity index (χ3v) is 12.8. The Labute approximate surface area is 192 Å². The second kappa shape index (κ2) is 7.21. The molecule has 0 bridgehead atoms. The van der Waals surface area contributed by atoms with E-state index in [9.17, 15) is 0 Å². The molecule has 2 nitrogen and oxygen atoms in total. The summed E-state index contributed by atoms with van der Waals surface area (Å²) in [6.07, 6.45) is 16.5. The Balaban J connectivity index is 1.24. The molecule has 31 heavy (non-hydrogen) atoms. The standard InChI is InChI=1S/C29H49NO/c1-6-20-10-12-27(4)21(15-20)7-8-22-23(27)11-13-28(5)24(22)16-25-26(28)19(3)29(31-25)14-9-18(2)17-30-29/h18-26,30H,6-17H2,1-5H3/t18?,19-,20?,21?,22?,23?,24?,25?,26?,27-,28-,29+/m0/s1. The summed E-state index contributed by atoms with van der Waals surface area (Å²) in [7, 11) is 0. The summed E-state index contributed by atoms with van der Waals surface area (Å²) in [6, 6.07) is 0. The fourth-order valence-electron chi connectivity index (χ4n) is 10.9. The molecule has 6 rings (SSSR count). The van der Waals surface area contributed by atoms with Crippen LogP contribution in [0.15, 0.2) is 0 Å². The van der Waals surface area contributed by atoms with Crippen molar-refractivity contribution in [1.82, 2.24) is 5.32 Å². The fourth-order valence-corrected chi connectivity index (χ4v) is 10.9. The number of nitrogens with one attached hydrogen (secondary N) is 1. The van der Waals surface area contributed by atoms with Gasteiger partial charge in [0.1, 0.15) is 5.72 Å². The molecule has 0 radical (unpaired) electrons. The lowest BCUT2D eigenvalue weighted by atomic mass is 9.44. The van der Waals surface area contributed by atoms with Crippen LogP contribution < -0.4 is 5.32 Å². The molecule has 0 amide bonds. The highest BCUT2D eigenvalue weighted by atomic mass is 16.5. The third kappa shape index (κ3) is 2.88. The molecule has 4 saturated carbocycles. The summed E-state index contributed by atoms with van der Waals surface area (Å²) in [5.74, 6) is 7.19. The highest BCUT2D eigenvalue weighted by Crippen LogP contribution is 2.71. The molecule has 0 aromatic carbocycles. The molecule has 2 heterocycles. The number of fused-ring (bicyclic) bond motifs is 7. The van der Waals surface area contributed by atoms with Crippen molar-refractivity contribution in [2.75, 3.05) is 6.54 Å². The molecular weight excluding hydrogens is 378 g/mol. The molecule has 176 valence electrons. The van der Waals surface area contributed by atoms with E-state index in [1.807, 2.05) is 0 Å². The van der Waals surface area contributed by atoms with Crippen LogP contribution in [0.1, 0.15) is 105 Å². The van der Waals surface area contributed by atoms with Crippen molar-refractivity contribution in [3.05, 3.63) is 0 Å². The summed E-state index contributed by atoms with van der Waals surface area (Å²) in [5.41, 5.74) is 1.15. The number of hydrogen-bond donors (Lipinski definition) is 1. The minimum atomic E-state index is -0.00511. The zero-order chi connectivity index (χ0) is 21.6. The maximum absolute atomic E-state index is 7.06. The number of rotatable bonds is 1. The maximum Gasteiger partial charge on any atom is 0.122 e. The second-order valence-corrected chi connectivity index (χ2v) is 13.9. The van der Waals surface area contributed by atoms with Gasteiger partial charge >= 0.3 is 0 Å². The van der Waals surface area contributed by atoms with Crippen LogP contribution in [-0.2, 0) is 4.74 Å². The summed E-state index contributed by atoms with van der Waals surface area (Å²) in [4.78, 5) is 0. The minimum Gasteiger partial charge on any atom is -0.357 e. The average Bonchev–Trinajstić information content (AvgIpc) is 3.20. The quantitative estimate of drug-likeness (QED) is 0.485. The Morgan fingerprint density at radius 3 is 2.42 bits per heavy atom.